The molecule has 2 aromatic heterocycles. The maximum atomic E-state index is 10.3. The summed E-state index contributed by atoms with van der Waals surface area (Å²) in [6.07, 6.45) is 1.64. The molecular weight excluding hydrogens is 322 g/mol. The highest BCUT2D eigenvalue weighted by atomic mass is 79.9. The summed E-state index contributed by atoms with van der Waals surface area (Å²) in [5, 5.41) is 12.3. The second-order valence-corrected chi connectivity index (χ2v) is 5.16. The van der Waals surface area contributed by atoms with Crippen molar-refractivity contribution in [3.8, 4) is 11.5 Å². The van der Waals surface area contributed by atoms with Gasteiger partial charge in [-0.15, -0.1) is 11.8 Å². The van der Waals surface area contributed by atoms with Crippen LogP contribution >= 0.6 is 27.7 Å². The van der Waals surface area contributed by atoms with E-state index in [0.29, 0.717) is 23.2 Å². The first-order valence-corrected chi connectivity index (χ1v) is 6.84. The molecular formula is C10H8BrN3O3S. The quantitative estimate of drug-likeness (QED) is 0.899. The van der Waals surface area contributed by atoms with Gasteiger partial charge in [0.25, 0.3) is 0 Å². The van der Waals surface area contributed by atoms with Crippen LogP contribution in [-0.4, -0.2) is 32.0 Å². The summed E-state index contributed by atoms with van der Waals surface area (Å²) < 4.78 is 5.87. The minimum atomic E-state index is -0.866. The van der Waals surface area contributed by atoms with Crippen molar-refractivity contribution >= 4 is 33.7 Å². The van der Waals surface area contributed by atoms with E-state index in [9.17, 15) is 4.79 Å². The zero-order chi connectivity index (χ0) is 13.0. The normalized spacial score (nSPS) is 10.5. The van der Waals surface area contributed by atoms with Crippen molar-refractivity contribution in [2.24, 2.45) is 0 Å². The topological polar surface area (TPSA) is 89.1 Å². The molecule has 0 aliphatic carbocycles. The predicted molar refractivity (Wildman–Crippen MR) is 69.0 cm³/mol. The smallest absolute Gasteiger partial charge is 0.313 e. The van der Waals surface area contributed by atoms with E-state index in [4.69, 9.17) is 9.63 Å². The number of hydrogen-bond donors (Lipinski definition) is 1. The maximum absolute atomic E-state index is 10.3. The Labute approximate surface area is 115 Å². The van der Waals surface area contributed by atoms with E-state index >= 15 is 0 Å². The Morgan fingerprint density at radius 3 is 3.00 bits per heavy atom. The number of aromatic nitrogens is 3. The first-order valence-electron chi connectivity index (χ1n) is 4.89. The molecule has 0 aliphatic heterocycles. The van der Waals surface area contributed by atoms with Crippen LogP contribution in [0.2, 0.25) is 0 Å². The molecule has 0 unspecified atom stereocenters. The summed E-state index contributed by atoms with van der Waals surface area (Å²) in [5.74, 6) is 0.299. The lowest BCUT2D eigenvalue weighted by Gasteiger charge is -1.93. The van der Waals surface area contributed by atoms with Crippen molar-refractivity contribution in [2.45, 2.75) is 5.75 Å². The highest BCUT2D eigenvalue weighted by molar-refractivity contribution is 9.10. The van der Waals surface area contributed by atoms with Crippen LogP contribution in [0.5, 0.6) is 0 Å². The lowest BCUT2D eigenvalue weighted by atomic mass is 10.3. The Morgan fingerprint density at radius 1 is 1.50 bits per heavy atom. The van der Waals surface area contributed by atoms with Gasteiger partial charge in [0.1, 0.15) is 5.69 Å². The molecule has 0 atom stereocenters. The molecule has 18 heavy (non-hydrogen) atoms. The van der Waals surface area contributed by atoms with Crippen molar-refractivity contribution in [1.82, 2.24) is 15.1 Å². The third-order valence-electron chi connectivity index (χ3n) is 1.88. The van der Waals surface area contributed by atoms with Crippen LogP contribution in [0.15, 0.2) is 27.3 Å². The predicted octanol–water partition coefficient (Wildman–Crippen LogP) is 2.21. The molecule has 0 spiro atoms. The Kier molecular flexibility index (Phi) is 4.32. The van der Waals surface area contributed by atoms with Crippen LogP contribution in [0.25, 0.3) is 11.5 Å². The van der Waals surface area contributed by atoms with Crippen LogP contribution in [0.3, 0.4) is 0 Å². The summed E-state index contributed by atoms with van der Waals surface area (Å²) in [6.45, 7) is 0. The van der Waals surface area contributed by atoms with Gasteiger partial charge in [-0.2, -0.15) is 4.98 Å². The molecule has 0 saturated heterocycles. The molecule has 0 radical (unpaired) electrons. The third kappa shape index (κ3) is 3.54. The molecule has 1 N–H and O–H groups in total. The Morgan fingerprint density at radius 2 is 2.33 bits per heavy atom. The summed E-state index contributed by atoms with van der Waals surface area (Å²) in [7, 11) is 0. The van der Waals surface area contributed by atoms with Crippen LogP contribution in [0.4, 0.5) is 0 Å². The molecule has 2 rings (SSSR count). The van der Waals surface area contributed by atoms with E-state index in [0.717, 1.165) is 4.47 Å². The van der Waals surface area contributed by atoms with Crippen molar-refractivity contribution in [1.29, 1.82) is 0 Å². The number of carboxylic acids is 1. The zero-order valence-electron chi connectivity index (χ0n) is 9.04. The lowest BCUT2D eigenvalue weighted by Crippen LogP contribution is -1.98. The largest absolute Gasteiger partial charge is 0.481 e. The zero-order valence-corrected chi connectivity index (χ0v) is 11.4. The van der Waals surface area contributed by atoms with E-state index in [1.807, 2.05) is 6.07 Å². The fourth-order valence-corrected chi connectivity index (χ4v) is 1.95. The van der Waals surface area contributed by atoms with Crippen molar-refractivity contribution < 1.29 is 14.4 Å². The van der Waals surface area contributed by atoms with Gasteiger partial charge in [-0.05, 0) is 28.1 Å². The molecule has 0 bridgehead atoms. The summed E-state index contributed by atoms with van der Waals surface area (Å²) in [5.41, 5.74) is 0.608. The Balaban J connectivity index is 2.01. The fraction of sp³-hybridized carbons (Fsp3) is 0.200. The lowest BCUT2D eigenvalue weighted by molar-refractivity contribution is -0.133. The SMILES string of the molecule is O=C(O)CSCc1nc(-c2ccc(Br)cn2)no1. The highest BCUT2D eigenvalue weighted by Gasteiger charge is 2.10. The number of thioether (sulfide) groups is 1. The van der Waals surface area contributed by atoms with E-state index in [1.165, 1.54) is 11.8 Å². The van der Waals surface area contributed by atoms with E-state index in [2.05, 4.69) is 31.1 Å². The monoisotopic (exact) mass is 329 g/mol. The summed E-state index contributed by atoms with van der Waals surface area (Å²) in [4.78, 5) is 18.6. The molecule has 0 aliphatic rings. The van der Waals surface area contributed by atoms with Crippen molar-refractivity contribution in [3.05, 3.63) is 28.7 Å². The Bertz CT molecular complexity index is 544. The van der Waals surface area contributed by atoms with Crippen LogP contribution in [-0.2, 0) is 10.5 Å². The number of rotatable bonds is 5. The average molecular weight is 330 g/mol. The van der Waals surface area contributed by atoms with Crippen molar-refractivity contribution in [2.75, 3.05) is 5.75 Å². The second-order valence-electron chi connectivity index (χ2n) is 3.26. The highest BCUT2D eigenvalue weighted by Crippen LogP contribution is 2.17. The van der Waals surface area contributed by atoms with E-state index in [-0.39, 0.29) is 5.75 Å². The van der Waals surface area contributed by atoms with E-state index in [1.54, 1.807) is 12.3 Å². The van der Waals surface area contributed by atoms with Gasteiger partial charge >= 0.3 is 5.97 Å². The number of nitrogens with zero attached hydrogens (tertiary/aromatic N) is 3. The number of aliphatic carboxylic acids is 1. The molecule has 94 valence electrons. The van der Waals surface area contributed by atoms with Gasteiger partial charge in [0.05, 0.1) is 11.5 Å². The fourth-order valence-electron chi connectivity index (χ4n) is 1.15. The molecule has 2 aromatic rings. The molecule has 0 fully saturated rings. The van der Waals surface area contributed by atoms with Gasteiger partial charge in [-0.3, -0.25) is 9.78 Å². The number of pyridine rings is 1. The maximum Gasteiger partial charge on any atom is 0.313 e. The van der Waals surface area contributed by atoms with Gasteiger partial charge in [0, 0.05) is 10.7 Å². The molecule has 8 heteroatoms. The molecule has 0 aromatic carbocycles. The van der Waals surface area contributed by atoms with Gasteiger partial charge in [-0.25, -0.2) is 0 Å². The number of hydrogen-bond acceptors (Lipinski definition) is 6. The van der Waals surface area contributed by atoms with Gasteiger partial charge in [-0.1, -0.05) is 5.16 Å². The minimum Gasteiger partial charge on any atom is -0.481 e. The van der Waals surface area contributed by atoms with Gasteiger partial charge in [0.15, 0.2) is 0 Å². The van der Waals surface area contributed by atoms with Crippen LogP contribution in [0.1, 0.15) is 5.89 Å². The van der Waals surface area contributed by atoms with Crippen molar-refractivity contribution in [3.63, 3.8) is 0 Å². The Hall–Kier alpha value is -1.41. The summed E-state index contributed by atoms with van der Waals surface area (Å²) in [6, 6.07) is 3.60. The van der Waals surface area contributed by atoms with Crippen LogP contribution < -0.4 is 0 Å². The number of halogens is 1. The standard InChI is InChI=1S/C10H8BrN3O3S/c11-6-1-2-7(12-3-6)10-13-8(17-14-10)4-18-5-9(15)16/h1-3H,4-5H2,(H,15,16). The van der Waals surface area contributed by atoms with E-state index < -0.39 is 5.97 Å². The first kappa shape index (κ1) is 13.0. The van der Waals surface area contributed by atoms with Gasteiger partial charge < -0.3 is 9.63 Å². The molecule has 6 nitrogen and oxygen atoms in total. The minimum absolute atomic E-state index is 0.00818. The third-order valence-corrected chi connectivity index (χ3v) is 3.25. The molecule has 0 amide bonds. The summed E-state index contributed by atoms with van der Waals surface area (Å²) >= 11 is 4.49. The first-order chi connectivity index (χ1) is 8.65. The molecule has 2 heterocycles. The second kappa shape index (κ2) is 5.96. The number of carboxylic acid groups (broad SMARTS) is 1. The van der Waals surface area contributed by atoms with Crippen LogP contribution in [0, 0.1) is 0 Å². The van der Waals surface area contributed by atoms with Gasteiger partial charge in [0.2, 0.25) is 11.7 Å². The average Bonchev–Trinajstić information content (AvgIpc) is 2.78. The molecule has 0 saturated carbocycles. The number of carbonyl (C=O) groups is 1.